The number of amides is 1. The molecule has 7 heteroatoms. The Kier molecular flexibility index (Phi) is 6.65. The summed E-state index contributed by atoms with van der Waals surface area (Å²) in [7, 11) is 4.38. The van der Waals surface area contributed by atoms with Crippen molar-refractivity contribution in [1.29, 1.82) is 0 Å². The van der Waals surface area contributed by atoms with E-state index in [2.05, 4.69) is 5.32 Å². The number of nitrogens with one attached hydrogen (secondary N) is 1. The minimum Gasteiger partial charge on any atom is -0.496 e. The van der Waals surface area contributed by atoms with E-state index in [1.807, 2.05) is 13.0 Å². The van der Waals surface area contributed by atoms with Crippen LogP contribution in [0.3, 0.4) is 0 Å². The van der Waals surface area contributed by atoms with E-state index in [0.717, 1.165) is 5.56 Å². The second-order valence-electron chi connectivity index (χ2n) is 5.78. The molecule has 0 saturated carbocycles. The molecule has 0 aromatic heterocycles. The Morgan fingerprint density at radius 3 is 2.07 bits per heavy atom. The second-order valence-corrected chi connectivity index (χ2v) is 5.78. The largest absolute Gasteiger partial charge is 0.496 e. The summed E-state index contributed by atoms with van der Waals surface area (Å²) in [5, 5.41) is 2.71. The Labute approximate surface area is 158 Å². The van der Waals surface area contributed by atoms with Crippen LogP contribution in [0, 0.1) is 6.92 Å². The molecule has 7 nitrogen and oxygen atoms in total. The van der Waals surface area contributed by atoms with Gasteiger partial charge in [0.1, 0.15) is 22.8 Å². The SMILES string of the molecule is COc1ccc(C)cc1NC(=O)C(C)OC(=O)c1c(OC)cccc1OC. The third-order valence-electron chi connectivity index (χ3n) is 3.90. The Bertz CT molecular complexity index is 811. The van der Waals surface area contributed by atoms with Crippen molar-refractivity contribution in [2.75, 3.05) is 26.6 Å². The Morgan fingerprint density at radius 1 is 0.926 bits per heavy atom. The van der Waals surface area contributed by atoms with Crippen LogP contribution in [0.5, 0.6) is 17.2 Å². The van der Waals surface area contributed by atoms with Gasteiger partial charge in [-0.25, -0.2) is 4.79 Å². The van der Waals surface area contributed by atoms with Crippen LogP contribution in [0.4, 0.5) is 5.69 Å². The Balaban J connectivity index is 2.16. The molecule has 144 valence electrons. The number of aryl methyl sites for hydroxylation is 1. The summed E-state index contributed by atoms with van der Waals surface area (Å²) in [5.41, 5.74) is 1.57. The van der Waals surface area contributed by atoms with Gasteiger partial charge in [-0.05, 0) is 43.7 Å². The highest BCUT2D eigenvalue weighted by Gasteiger charge is 2.25. The van der Waals surface area contributed by atoms with Gasteiger partial charge in [-0.15, -0.1) is 0 Å². The van der Waals surface area contributed by atoms with Gasteiger partial charge in [-0.1, -0.05) is 12.1 Å². The number of carbonyl (C=O) groups is 2. The number of carbonyl (C=O) groups excluding carboxylic acids is 2. The van der Waals surface area contributed by atoms with Crippen LogP contribution in [0.1, 0.15) is 22.8 Å². The summed E-state index contributed by atoms with van der Waals surface area (Å²) in [6, 6.07) is 10.3. The fourth-order valence-corrected chi connectivity index (χ4v) is 2.48. The third-order valence-corrected chi connectivity index (χ3v) is 3.90. The monoisotopic (exact) mass is 373 g/mol. The normalized spacial score (nSPS) is 11.3. The van der Waals surface area contributed by atoms with Crippen LogP contribution in [-0.2, 0) is 9.53 Å². The predicted molar refractivity (Wildman–Crippen MR) is 101 cm³/mol. The molecule has 0 aliphatic heterocycles. The van der Waals surface area contributed by atoms with E-state index in [4.69, 9.17) is 18.9 Å². The van der Waals surface area contributed by atoms with Crippen molar-refractivity contribution in [3.05, 3.63) is 47.5 Å². The molecule has 0 spiro atoms. The molecule has 1 unspecified atom stereocenters. The number of hydrogen-bond acceptors (Lipinski definition) is 6. The molecule has 0 saturated heterocycles. The molecule has 2 rings (SSSR count). The summed E-state index contributed by atoms with van der Waals surface area (Å²) in [6.45, 7) is 3.38. The van der Waals surface area contributed by atoms with Crippen LogP contribution in [0.15, 0.2) is 36.4 Å². The van der Waals surface area contributed by atoms with Gasteiger partial charge in [0, 0.05) is 0 Å². The van der Waals surface area contributed by atoms with Crippen molar-refractivity contribution in [3.63, 3.8) is 0 Å². The standard InChI is InChI=1S/C20H23NO6/c1-12-9-10-15(24-3)14(11-12)21-19(22)13(2)27-20(23)18-16(25-4)7-6-8-17(18)26-5/h6-11,13H,1-5H3,(H,21,22). The first-order chi connectivity index (χ1) is 12.9. The first-order valence-corrected chi connectivity index (χ1v) is 8.28. The van der Waals surface area contributed by atoms with Crippen molar-refractivity contribution in [2.45, 2.75) is 20.0 Å². The summed E-state index contributed by atoms with van der Waals surface area (Å²) >= 11 is 0. The number of ether oxygens (including phenoxy) is 4. The molecule has 27 heavy (non-hydrogen) atoms. The first kappa shape index (κ1) is 20.1. The second kappa shape index (κ2) is 8.93. The molecule has 2 aromatic carbocycles. The first-order valence-electron chi connectivity index (χ1n) is 8.28. The molecule has 1 amide bonds. The molecule has 0 aliphatic rings. The zero-order chi connectivity index (χ0) is 20.0. The van der Waals surface area contributed by atoms with E-state index in [9.17, 15) is 9.59 Å². The predicted octanol–water partition coefficient (Wildman–Crippen LogP) is 3.20. The Morgan fingerprint density at radius 2 is 1.52 bits per heavy atom. The van der Waals surface area contributed by atoms with Crippen molar-refractivity contribution < 1.29 is 28.5 Å². The summed E-state index contributed by atoms with van der Waals surface area (Å²) in [5.74, 6) is -0.0947. The van der Waals surface area contributed by atoms with Crippen LogP contribution in [0.2, 0.25) is 0 Å². The maximum absolute atomic E-state index is 12.6. The molecular formula is C20H23NO6. The lowest BCUT2D eigenvalue weighted by Crippen LogP contribution is -2.30. The van der Waals surface area contributed by atoms with E-state index in [0.29, 0.717) is 22.9 Å². The number of benzene rings is 2. The van der Waals surface area contributed by atoms with Crippen molar-refractivity contribution in [2.24, 2.45) is 0 Å². The number of methoxy groups -OCH3 is 3. The molecule has 1 atom stereocenters. The molecule has 0 aliphatic carbocycles. The van der Waals surface area contributed by atoms with Crippen LogP contribution >= 0.6 is 0 Å². The maximum Gasteiger partial charge on any atom is 0.346 e. The summed E-state index contributed by atoms with van der Waals surface area (Å²) < 4.78 is 20.9. The Hall–Kier alpha value is -3.22. The van der Waals surface area contributed by atoms with Gasteiger partial charge in [-0.3, -0.25) is 4.79 Å². The van der Waals surface area contributed by atoms with E-state index in [-0.39, 0.29) is 5.56 Å². The highest BCUT2D eigenvalue weighted by Crippen LogP contribution is 2.29. The quantitative estimate of drug-likeness (QED) is 0.751. The highest BCUT2D eigenvalue weighted by molar-refractivity contribution is 6.00. The van der Waals surface area contributed by atoms with Gasteiger partial charge >= 0.3 is 5.97 Å². The van der Waals surface area contributed by atoms with Crippen LogP contribution in [0.25, 0.3) is 0 Å². The average molecular weight is 373 g/mol. The smallest absolute Gasteiger partial charge is 0.346 e. The lowest BCUT2D eigenvalue weighted by atomic mass is 10.1. The topological polar surface area (TPSA) is 83.1 Å². The van der Waals surface area contributed by atoms with E-state index < -0.39 is 18.0 Å². The van der Waals surface area contributed by atoms with Crippen molar-refractivity contribution in [1.82, 2.24) is 0 Å². The number of anilines is 1. The van der Waals surface area contributed by atoms with Crippen LogP contribution in [-0.4, -0.2) is 39.3 Å². The van der Waals surface area contributed by atoms with Gasteiger partial charge < -0.3 is 24.3 Å². The zero-order valence-electron chi connectivity index (χ0n) is 16.0. The van der Waals surface area contributed by atoms with Gasteiger partial charge in [0.15, 0.2) is 6.10 Å². The minimum absolute atomic E-state index is 0.121. The van der Waals surface area contributed by atoms with Crippen molar-refractivity contribution >= 4 is 17.6 Å². The molecule has 0 heterocycles. The van der Waals surface area contributed by atoms with Gasteiger partial charge in [0.2, 0.25) is 0 Å². The van der Waals surface area contributed by atoms with Gasteiger partial charge in [-0.2, -0.15) is 0 Å². The fourth-order valence-electron chi connectivity index (χ4n) is 2.48. The highest BCUT2D eigenvalue weighted by atomic mass is 16.6. The van der Waals surface area contributed by atoms with E-state index >= 15 is 0 Å². The molecule has 0 radical (unpaired) electrons. The fraction of sp³-hybridized carbons (Fsp3) is 0.300. The summed E-state index contributed by atoms with van der Waals surface area (Å²) in [4.78, 5) is 25.0. The number of rotatable bonds is 7. The van der Waals surface area contributed by atoms with Crippen LogP contribution < -0.4 is 19.5 Å². The molecular weight excluding hydrogens is 350 g/mol. The minimum atomic E-state index is -1.04. The van der Waals surface area contributed by atoms with Gasteiger partial charge in [0.05, 0.1) is 27.0 Å². The molecule has 0 fully saturated rings. The zero-order valence-corrected chi connectivity index (χ0v) is 16.0. The molecule has 2 aromatic rings. The van der Waals surface area contributed by atoms with Crippen molar-refractivity contribution in [3.8, 4) is 17.2 Å². The lowest BCUT2D eigenvalue weighted by Gasteiger charge is -2.17. The maximum atomic E-state index is 12.6. The third kappa shape index (κ3) is 4.69. The lowest BCUT2D eigenvalue weighted by molar-refractivity contribution is -0.123. The van der Waals surface area contributed by atoms with Gasteiger partial charge in [0.25, 0.3) is 5.91 Å². The van der Waals surface area contributed by atoms with E-state index in [1.54, 1.807) is 30.3 Å². The summed E-state index contributed by atoms with van der Waals surface area (Å²) in [6.07, 6.45) is -1.04. The van der Waals surface area contributed by atoms with E-state index in [1.165, 1.54) is 28.3 Å². The molecule has 0 bridgehead atoms. The number of esters is 1. The molecule has 1 N–H and O–H groups in total. The number of hydrogen-bond donors (Lipinski definition) is 1. The average Bonchev–Trinajstić information content (AvgIpc) is 2.67.